The van der Waals surface area contributed by atoms with Crippen LogP contribution in [0.25, 0.3) is 11.5 Å². The Morgan fingerprint density at radius 1 is 1.26 bits per heavy atom. The summed E-state index contributed by atoms with van der Waals surface area (Å²) in [5.74, 6) is -0.362. The van der Waals surface area contributed by atoms with Crippen LogP contribution in [0.3, 0.4) is 0 Å². The van der Waals surface area contributed by atoms with Crippen LogP contribution >= 0.6 is 0 Å². The molecule has 4 nitrogen and oxygen atoms in total. The Morgan fingerprint density at radius 2 is 2.04 bits per heavy atom. The van der Waals surface area contributed by atoms with Gasteiger partial charge in [-0.1, -0.05) is 17.3 Å². The van der Waals surface area contributed by atoms with Crippen molar-refractivity contribution in [2.24, 2.45) is 0 Å². The zero-order valence-electron chi connectivity index (χ0n) is 12.2. The van der Waals surface area contributed by atoms with Crippen molar-refractivity contribution in [3.8, 4) is 11.5 Å². The molecule has 1 aliphatic carbocycles. The fraction of sp³-hybridized carbons (Fsp3) is 0.467. The summed E-state index contributed by atoms with van der Waals surface area (Å²) < 4.78 is 55.3. The van der Waals surface area contributed by atoms with Gasteiger partial charge in [0, 0.05) is 18.7 Å². The maximum Gasteiger partial charge on any atom is 0.396 e. The predicted octanol–water partition coefficient (Wildman–Crippen LogP) is 3.43. The lowest BCUT2D eigenvalue weighted by Crippen LogP contribution is -2.24. The van der Waals surface area contributed by atoms with Gasteiger partial charge in [0.1, 0.15) is 12.1 Å². The topological polar surface area (TPSA) is 51.0 Å². The third kappa shape index (κ3) is 4.51. The van der Waals surface area contributed by atoms with Crippen LogP contribution in [0.5, 0.6) is 0 Å². The molecular formula is C15H15F4N3O. The van der Waals surface area contributed by atoms with Gasteiger partial charge in [0.25, 0.3) is 5.89 Å². The molecule has 0 bridgehead atoms. The number of halogens is 4. The molecule has 124 valence electrons. The Hall–Kier alpha value is -1.96. The van der Waals surface area contributed by atoms with Gasteiger partial charge >= 0.3 is 6.18 Å². The molecule has 0 radical (unpaired) electrons. The standard InChI is InChI=1S/C15H15F4N3O/c16-14(4-5-14)9-20-8-10-2-1-3-11(6-10)13-21-12(22-23-13)7-15(17,18)19/h1-3,6,20H,4-5,7-9H2. The number of aromatic nitrogens is 2. The lowest BCUT2D eigenvalue weighted by molar-refractivity contribution is -0.128. The number of hydrogen-bond acceptors (Lipinski definition) is 4. The van der Waals surface area contributed by atoms with E-state index in [4.69, 9.17) is 4.52 Å². The number of nitrogens with zero attached hydrogens (tertiary/aromatic N) is 2. The average molecular weight is 329 g/mol. The molecule has 1 N–H and O–H groups in total. The van der Waals surface area contributed by atoms with Gasteiger partial charge in [0.05, 0.1) is 0 Å². The van der Waals surface area contributed by atoms with Gasteiger partial charge in [-0.05, 0) is 30.5 Å². The summed E-state index contributed by atoms with van der Waals surface area (Å²) in [6.07, 6.45) is -4.43. The van der Waals surface area contributed by atoms with E-state index in [1.165, 1.54) is 0 Å². The molecule has 3 rings (SSSR count). The first-order valence-corrected chi connectivity index (χ1v) is 7.21. The van der Waals surface area contributed by atoms with Crippen LogP contribution in [0.1, 0.15) is 24.2 Å². The Bertz CT molecular complexity index is 679. The lowest BCUT2D eigenvalue weighted by atomic mass is 10.1. The van der Waals surface area contributed by atoms with Crippen molar-refractivity contribution in [1.29, 1.82) is 0 Å². The summed E-state index contributed by atoms with van der Waals surface area (Å²) in [5, 5.41) is 6.37. The molecule has 1 aromatic heterocycles. The molecule has 8 heteroatoms. The third-order valence-corrected chi connectivity index (χ3v) is 3.56. The minimum atomic E-state index is -4.38. The second-order valence-corrected chi connectivity index (χ2v) is 5.76. The molecule has 0 saturated heterocycles. The molecule has 0 spiro atoms. The second kappa shape index (κ2) is 5.92. The van der Waals surface area contributed by atoms with E-state index in [-0.39, 0.29) is 5.89 Å². The number of hydrogen-bond donors (Lipinski definition) is 1. The van der Waals surface area contributed by atoms with Crippen molar-refractivity contribution in [1.82, 2.24) is 15.5 Å². The maximum atomic E-state index is 13.5. The van der Waals surface area contributed by atoms with Crippen molar-refractivity contribution < 1.29 is 22.1 Å². The highest BCUT2D eigenvalue weighted by molar-refractivity contribution is 5.54. The van der Waals surface area contributed by atoms with Crippen LogP contribution in [0.15, 0.2) is 28.8 Å². The van der Waals surface area contributed by atoms with Crippen LogP contribution < -0.4 is 5.32 Å². The van der Waals surface area contributed by atoms with Gasteiger partial charge in [-0.15, -0.1) is 0 Å². The molecule has 0 amide bonds. The summed E-state index contributed by atoms with van der Waals surface area (Å²) in [7, 11) is 0. The van der Waals surface area contributed by atoms with Crippen molar-refractivity contribution in [2.45, 2.75) is 37.7 Å². The summed E-state index contributed by atoms with van der Waals surface area (Å²) in [6.45, 7) is 0.760. The van der Waals surface area contributed by atoms with Gasteiger partial charge in [-0.3, -0.25) is 0 Å². The first kappa shape index (κ1) is 15.9. The molecule has 1 saturated carbocycles. The first-order chi connectivity index (χ1) is 10.8. The zero-order chi connectivity index (χ0) is 16.5. The Labute approximate surface area is 129 Å². The van der Waals surface area contributed by atoms with Crippen molar-refractivity contribution in [3.05, 3.63) is 35.7 Å². The van der Waals surface area contributed by atoms with Gasteiger partial charge in [0.15, 0.2) is 5.82 Å². The summed E-state index contributed by atoms with van der Waals surface area (Å²) in [4.78, 5) is 3.76. The number of alkyl halides is 4. The van der Waals surface area contributed by atoms with E-state index in [0.717, 1.165) is 5.56 Å². The highest BCUT2D eigenvalue weighted by Crippen LogP contribution is 2.38. The zero-order valence-corrected chi connectivity index (χ0v) is 12.2. The second-order valence-electron chi connectivity index (χ2n) is 5.76. The van der Waals surface area contributed by atoms with Crippen LogP contribution in [-0.4, -0.2) is 28.5 Å². The largest absolute Gasteiger partial charge is 0.396 e. The SMILES string of the molecule is FC(F)(F)Cc1noc(-c2cccc(CNCC3(F)CC3)c2)n1. The first-order valence-electron chi connectivity index (χ1n) is 7.21. The molecule has 23 heavy (non-hydrogen) atoms. The van der Waals surface area contributed by atoms with Crippen molar-refractivity contribution in [2.75, 3.05) is 6.54 Å². The molecule has 1 aliphatic rings. The minimum absolute atomic E-state index is 0.0373. The van der Waals surface area contributed by atoms with E-state index >= 15 is 0 Å². The molecule has 0 atom stereocenters. The highest BCUT2D eigenvalue weighted by atomic mass is 19.4. The molecule has 1 heterocycles. The quantitative estimate of drug-likeness (QED) is 0.825. The normalized spacial score (nSPS) is 16.5. The molecule has 1 aromatic carbocycles. The van der Waals surface area contributed by atoms with Gasteiger partial charge in [-0.2, -0.15) is 18.2 Å². The smallest absolute Gasteiger partial charge is 0.334 e. The number of benzene rings is 1. The number of nitrogens with one attached hydrogen (secondary N) is 1. The molecule has 0 aliphatic heterocycles. The van der Waals surface area contributed by atoms with E-state index in [1.807, 2.05) is 6.07 Å². The maximum absolute atomic E-state index is 13.5. The van der Waals surface area contributed by atoms with Gasteiger partial charge < -0.3 is 9.84 Å². The van der Waals surface area contributed by atoms with Crippen LogP contribution in [0.2, 0.25) is 0 Å². The average Bonchev–Trinajstić information content (AvgIpc) is 3.02. The molecule has 2 aromatic rings. The molecule has 0 unspecified atom stereocenters. The van der Waals surface area contributed by atoms with Crippen molar-refractivity contribution >= 4 is 0 Å². The Kier molecular flexibility index (Phi) is 4.09. The van der Waals surface area contributed by atoms with E-state index in [2.05, 4.69) is 15.5 Å². The van der Waals surface area contributed by atoms with Gasteiger partial charge in [0.2, 0.25) is 0 Å². The Balaban J connectivity index is 1.64. The highest BCUT2D eigenvalue weighted by Gasteiger charge is 2.42. The number of rotatable bonds is 6. The van der Waals surface area contributed by atoms with E-state index < -0.39 is 24.1 Å². The van der Waals surface area contributed by atoms with Crippen molar-refractivity contribution in [3.63, 3.8) is 0 Å². The van der Waals surface area contributed by atoms with E-state index in [9.17, 15) is 17.6 Å². The summed E-state index contributed by atoms with van der Waals surface area (Å²) >= 11 is 0. The molecular weight excluding hydrogens is 314 g/mol. The summed E-state index contributed by atoms with van der Waals surface area (Å²) in [5.41, 5.74) is 0.324. The van der Waals surface area contributed by atoms with Crippen LogP contribution in [0.4, 0.5) is 17.6 Å². The fourth-order valence-electron chi connectivity index (χ4n) is 2.18. The van der Waals surface area contributed by atoms with E-state index in [1.54, 1.807) is 18.2 Å². The minimum Gasteiger partial charge on any atom is -0.334 e. The predicted molar refractivity (Wildman–Crippen MR) is 74.3 cm³/mol. The van der Waals surface area contributed by atoms with E-state index in [0.29, 0.717) is 31.5 Å². The molecule has 1 fully saturated rings. The van der Waals surface area contributed by atoms with Crippen LogP contribution in [-0.2, 0) is 13.0 Å². The fourth-order valence-corrected chi connectivity index (χ4v) is 2.18. The monoisotopic (exact) mass is 329 g/mol. The Morgan fingerprint density at radius 3 is 2.74 bits per heavy atom. The third-order valence-electron chi connectivity index (χ3n) is 3.56. The summed E-state index contributed by atoms with van der Waals surface area (Å²) in [6, 6.07) is 6.98. The van der Waals surface area contributed by atoms with Crippen LogP contribution in [0, 0.1) is 0 Å². The van der Waals surface area contributed by atoms with Gasteiger partial charge in [-0.25, -0.2) is 4.39 Å². The lowest BCUT2D eigenvalue weighted by Gasteiger charge is -2.08.